The number of hydrogen-bond acceptors (Lipinski definition) is 4. The van der Waals surface area contributed by atoms with Crippen LogP contribution in [-0.4, -0.2) is 34.2 Å². The number of likely N-dealkylation sites (tertiary alicyclic amines) is 1. The monoisotopic (exact) mass is 217 g/mol. The van der Waals surface area contributed by atoms with Gasteiger partial charge in [0, 0.05) is 12.5 Å². The van der Waals surface area contributed by atoms with Crippen LogP contribution < -0.4 is 0 Å². The molecular weight excluding hydrogens is 204 g/mol. The second-order valence-electron chi connectivity index (χ2n) is 4.25. The lowest BCUT2D eigenvalue weighted by molar-refractivity contribution is -0.134. The maximum absolute atomic E-state index is 12.6. The highest BCUT2D eigenvalue weighted by Gasteiger charge is 2.44. The van der Waals surface area contributed by atoms with Gasteiger partial charge in [-0.25, -0.2) is 13.4 Å². The SMILES string of the molecule is CC(C)c1nonc1CN1CC(F)(F)C1. The van der Waals surface area contributed by atoms with E-state index in [1.807, 2.05) is 13.8 Å². The zero-order valence-electron chi connectivity index (χ0n) is 8.70. The molecule has 0 radical (unpaired) electrons. The van der Waals surface area contributed by atoms with E-state index in [9.17, 15) is 8.78 Å². The molecule has 15 heavy (non-hydrogen) atoms. The highest BCUT2D eigenvalue weighted by Crippen LogP contribution is 2.28. The van der Waals surface area contributed by atoms with Crippen molar-refractivity contribution in [3.63, 3.8) is 0 Å². The lowest BCUT2D eigenvalue weighted by Crippen LogP contribution is -2.55. The molecule has 1 aliphatic rings. The van der Waals surface area contributed by atoms with E-state index in [0.717, 1.165) is 5.69 Å². The van der Waals surface area contributed by atoms with Gasteiger partial charge in [-0.05, 0) is 0 Å². The van der Waals surface area contributed by atoms with E-state index in [2.05, 4.69) is 14.9 Å². The molecule has 0 unspecified atom stereocenters. The standard InChI is InChI=1S/C9H13F2N3O/c1-6(2)8-7(12-15-13-8)3-14-4-9(10,11)5-14/h6H,3-5H2,1-2H3. The summed E-state index contributed by atoms with van der Waals surface area (Å²) in [6.45, 7) is 3.93. The predicted octanol–water partition coefficient (Wildman–Crippen LogP) is 1.64. The summed E-state index contributed by atoms with van der Waals surface area (Å²) in [5.74, 6) is -2.33. The van der Waals surface area contributed by atoms with E-state index in [-0.39, 0.29) is 19.0 Å². The van der Waals surface area contributed by atoms with Crippen LogP contribution in [-0.2, 0) is 6.54 Å². The fraction of sp³-hybridized carbons (Fsp3) is 0.778. The summed E-state index contributed by atoms with van der Waals surface area (Å²) in [6.07, 6.45) is 0. The molecule has 1 aliphatic heterocycles. The van der Waals surface area contributed by atoms with Crippen molar-refractivity contribution in [2.45, 2.75) is 32.2 Å². The van der Waals surface area contributed by atoms with E-state index in [4.69, 9.17) is 0 Å². The molecule has 6 heteroatoms. The normalized spacial score (nSPS) is 20.6. The molecule has 0 amide bonds. The van der Waals surface area contributed by atoms with Crippen LogP contribution in [0.15, 0.2) is 4.63 Å². The molecule has 0 spiro atoms. The molecule has 2 rings (SSSR count). The Kier molecular flexibility index (Phi) is 2.46. The Morgan fingerprint density at radius 2 is 2.07 bits per heavy atom. The van der Waals surface area contributed by atoms with Gasteiger partial charge in [0.05, 0.1) is 13.1 Å². The first kappa shape index (κ1) is 10.5. The third-order valence-corrected chi connectivity index (χ3v) is 2.42. The highest BCUT2D eigenvalue weighted by atomic mass is 19.3. The minimum absolute atomic E-state index is 0.197. The third-order valence-electron chi connectivity index (χ3n) is 2.42. The predicted molar refractivity (Wildman–Crippen MR) is 48.6 cm³/mol. The van der Waals surface area contributed by atoms with Crippen molar-refractivity contribution in [2.75, 3.05) is 13.1 Å². The fourth-order valence-corrected chi connectivity index (χ4v) is 1.69. The van der Waals surface area contributed by atoms with Crippen LogP contribution >= 0.6 is 0 Å². The molecule has 2 heterocycles. The summed E-state index contributed by atoms with van der Waals surface area (Å²) < 4.78 is 29.8. The summed E-state index contributed by atoms with van der Waals surface area (Å²) in [5.41, 5.74) is 1.42. The molecule has 0 atom stereocenters. The molecule has 1 aromatic heterocycles. The summed E-state index contributed by atoms with van der Waals surface area (Å²) >= 11 is 0. The Balaban J connectivity index is 1.97. The maximum atomic E-state index is 12.6. The number of aromatic nitrogens is 2. The van der Waals surface area contributed by atoms with Gasteiger partial charge in [-0.2, -0.15) is 0 Å². The van der Waals surface area contributed by atoms with Gasteiger partial charge >= 0.3 is 0 Å². The molecule has 4 nitrogen and oxygen atoms in total. The topological polar surface area (TPSA) is 42.2 Å². The Hall–Kier alpha value is -1.04. The Morgan fingerprint density at radius 1 is 1.40 bits per heavy atom. The van der Waals surface area contributed by atoms with Crippen molar-refractivity contribution < 1.29 is 13.4 Å². The van der Waals surface area contributed by atoms with Crippen molar-refractivity contribution in [3.05, 3.63) is 11.4 Å². The number of alkyl halides is 2. The summed E-state index contributed by atoms with van der Waals surface area (Å²) in [6, 6.07) is 0. The second-order valence-corrected chi connectivity index (χ2v) is 4.25. The van der Waals surface area contributed by atoms with E-state index in [1.54, 1.807) is 4.90 Å². The molecule has 0 aliphatic carbocycles. The lowest BCUT2D eigenvalue weighted by Gasteiger charge is -2.38. The van der Waals surface area contributed by atoms with E-state index < -0.39 is 5.92 Å². The van der Waals surface area contributed by atoms with Crippen molar-refractivity contribution in [1.82, 2.24) is 15.2 Å². The van der Waals surface area contributed by atoms with Gasteiger partial charge in [0.15, 0.2) is 0 Å². The zero-order chi connectivity index (χ0) is 11.1. The van der Waals surface area contributed by atoms with Gasteiger partial charge in [-0.15, -0.1) is 0 Å². The molecule has 0 aromatic carbocycles. The van der Waals surface area contributed by atoms with Gasteiger partial charge in [-0.3, -0.25) is 4.90 Å². The van der Waals surface area contributed by atoms with Crippen LogP contribution in [0.1, 0.15) is 31.2 Å². The van der Waals surface area contributed by atoms with Crippen LogP contribution in [0.5, 0.6) is 0 Å². The van der Waals surface area contributed by atoms with Gasteiger partial charge in [0.2, 0.25) is 0 Å². The first-order chi connectivity index (χ1) is 6.98. The average Bonchev–Trinajstić information content (AvgIpc) is 2.48. The molecule has 0 bridgehead atoms. The van der Waals surface area contributed by atoms with Crippen molar-refractivity contribution in [3.8, 4) is 0 Å². The molecular formula is C9H13F2N3O. The zero-order valence-corrected chi connectivity index (χ0v) is 8.70. The van der Waals surface area contributed by atoms with Crippen molar-refractivity contribution >= 4 is 0 Å². The first-order valence-corrected chi connectivity index (χ1v) is 4.89. The van der Waals surface area contributed by atoms with Gasteiger partial charge < -0.3 is 0 Å². The average molecular weight is 217 g/mol. The molecule has 84 valence electrons. The van der Waals surface area contributed by atoms with E-state index >= 15 is 0 Å². The minimum atomic E-state index is -2.53. The Morgan fingerprint density at radius 3 is 2.60 bits per heavy atom. The number of halogens is 2. The minimum Gasteiger partial charge on any atom is -0.285 e. The smallest absolute Gasteiger partial charge is 0.272 e. The van der Waals surface area contributed by atoms with Gasteiger partial charge in [0.25, 0.3) is 5.92 Å². The molecule has 1 fully saturated rings. The number of rotatable bonds is 3. The van der Waals surface area contributed by atoms with Gasteiger partial charge in [0.1, 0.15) is 11.4 Å². The highest BCUT2D eigenvalue weighted by molar-refractivity contribution is 5.12. The van der Waals surface area contributed by atoms with Crippen LogP contribution in [0.4, 0.5) is 8.78 Å². The molecule has 1 aromatic rings. The Labute approximate surface area is 86.2 Å². The largest absolute Gasteiger partial charge is 0.285 e. The summed E-state index contributed by atoms with van der Waals surface area (Å²) in [5, 5.41) is 7.50. The van der Waals surface area contributed by atoms with Crippen LogP contribution in [0.3, 0.4) is 0 Å². The third kappa shape index (κ3) is 2.14. The quantitative estimate of drug-likeness (QED) is 0.772. The number of nitrogens with zero attached hydrogens (tertiary/aromatic N) is 3. The molecule has 0 saturated carbocycles. The Bertz CT molecular complexity index is 343. The second kappa shape index (κ2) is 3.52. The van der Waals surface area contributed by atoms with Crippen molar-refractivity contribution in [2.24, 2.45) is 0 Å². The molecule has 0 N–H and O–H groups in total. The number of hydrogen-bond donors (Lipinski definition) is 0. The van der Waals surface area contributed by atoms with Crippen LogP contribution in [0, 0.1) is 0 Å². The summed E-state index contributed by atoms with van der Waals surface area (Å²) in [7, 11) is 0. The van der Waals surface area contributed by atoms with Crippen LogP contribution in [0.2, 0.25) is 0 Å². The lowest BCUT2D eigenvalue weighted by atomic mass is 10.1. The maximum Gasteiger partial charge on any atom is 0.272 e. The summed E-state index contributed by atoms with van der Waals surface area (Å²) in [4.78, 5) is 1.63. The fourth-order valence-electron chi connectivity index (χ4n) is 1.69. The molecule has 1 saturated heterocycles. The van der Waals surface area contributed by atoms with Crippen LogP contribution in [0.25, 0.3) is 0 Å². The van der Waals surface area contributed by atoms with E-state index in [1.165, 1.54) is 0 Å². The van der Waals surface area contributed by atoms with E-state index in [0.29, 0.717) is 12.2 Å². The van der Waals surface area contributed by atoms with Crippen molar-refractivity contribution in [1.29, 1.82) is 0 Å². The first-order valence-electron chi connectivity index (χ1n) is 4.89. The van der Waals surface area contributed by atoms with Gasteiger partial charge in [-0.1, -0.05) is 24.2 Å².